The van der Waals surface area contributed by atoms with E-state index in [1.54, 1.807) is 19.1 Å². The topological polar surface area (TPSA) is 596 Å². The highest BCUT2D eigenvalue weighted by Crippen LogP contribution is 2.41. The third-order valence-corrected chi connectivity index (χ3v) is 19.8. The summed E-state index contributed by atoms with van der Waals surface area (Å²) in [6, 6.07) is 2.72. The number of carbonyl (C=O) groups excluding carboxylic acids is 4. The molecule has 5 saturated heterocycles. The van der Waals surface area contributed by atoms with E-state index >= 15 is 0 Å². The van der Waals surface area contributed by atoms with Crippen LogP contribution >= 0.6 is 0 Å². The second-order valence-corrected chi connectivity index (χ2v) is 28.3. The lowest BCUT2D eigenvalue weighted by atomic mass is 9.88. The first-order chi connectivity index (χ1) is 52.0. The maximum atomic E-state index is 13.8. The first-order valence-corrected chi connectivity index (χ1v) is 37.2. The molecular weight excluding hydrogens is 1450 g/mol. The van der Waals surface area contributed by atoms with Crippen LogP contribution in [-0.2, 0) is 66.5 Å². The molecule has 0 bridgehead atoms. The van der Waals surface area contributed by atoms with E-state index in [2.05, 4.69) is 33.3 Å². The van der Waals surface area contributed by atoms with Gasteiger partial charge in [-0.05, 0) is 31.0 Å². The van der Waals surface area contributed by atoms with E-state index < -0.39 is 247 Å². The van der Waals surface area contributed by atoms with Crippen molar-refractivity contribution in [3.05, 3.63) is 53.3 Å². The number of aliphatic hydroxyl groups excluding tert-OH is 16. The van der Waals surface area contributed by atoms with Crippen molar-refractivity contribution in [2.45, 2.75) is 308 Å². The SMILES string of the molecule is CCCCCCCCCCCCCCCCCC(=O)N[C@@H](CO[C@@H]1O[C@H](CO)[C@@H](O[C@@H]2O[C@H](CO)[C@H](O[C@@H]3O[C@H](CO)[C@H](O)[C@H](O[C@@H]4O[C@H](CO)[C@H](O)[C@H](O)[C@H]4O)[C@H]3NC(C)=O)[C@H](O[C@]3(C(=O)O)C[C@H](O)C(NC(C)=O)C([C@H](O)[C@H](O)CO)O3)[C@H]2O)[C@H](O)[C@H]1O)[C@H](O)/C=C/c1ccc(C(=O)Nc2cc(C)on2)cc1. The van der Waals surface area contributed by atoms with Crippen LogP contribution in [0.3, 0.4) is 0 Å². The quantitative estimate of drug-likeness (QED) is 0.0281. The smallest absolute Gasteiger partial charge is 0.364 e. The highest BCUT2D eigenvalue weighted by molar-refractivity contribution is 6.03. The number of carboxylic acid groups (broad SMARTS) is 1. The summed E-state index contributed by atoms with van der Waals surface area (Å²) in [5, 5.41) is 203. The van der Waals surface area contributed by atoms with Gasteiger partial charge in [0.05, 0.1) is 63.9 Å². The van der Waals surface area contributed by atoms with Gasteiger partial charge in [0.2, 0.25) is 17.7 Å². The summed E-state index contributed by atoms with van der Waals surface area (Å²) < 4.78 is 64.9. The Morgan fingerprint density at radius 1 is 0.596 bits per heavy atom. The fraction of sp³-hybridized carbons (Fsp3) is 0.775. The van der Waals surface area contributed by atoms with Crippen LogP contribution in [-0.4, -0.2) is 332 Å². The molecule has 5 aliphatic rings. The molecule has 0 saturated carbocycles. The number of carbonyl (C=O) groups is 5. The number of benzene rings is 1. The number of nitrogens with zero attached hydrogens (tertiary/aromatic N) is 1. The normalized spacial score (nSPS) is 34.1. The summed E-state index contributed by atoms with van der Waals surface area (Å²) >= 11 is 0. The Labute approximate surface area is 629 Å². The van der Waals surface area contributed by atoms with Crippen LogP contribution in [0.15, 0.2) is 40.9 Å². The van der Waals surface area contributed by atoms with Gasteiger partial charge in [-0.15, -0.1) is 0 Å². The zero-order valence-corrected chi connectivity index (χ0v) is 61.5. The number of anilines is 1. The van der Waals surface area contributed by atoms with Crippen molar-refractivity contribution < 1.29 is 163 Å². The first-order valence-electron chi connectivity index (χ1n) is 37.2. The minimum atomic E-state index is -3.41. The van der Waals surface area contributed by atoms with Crippen LogP contribution in [0.25, 0.3) is 6.08 Å². The lowest BCUT2D eigenvalue weighted by molar-refractivity contribution is -0.403. The van der Waals surface area contributed by atoms with Crippen molar-refractivity contribution in [2.24, 2.45) is 0 Å². The Balaban J connectivity index is 1.13. The molecule has 109 heavy (non-hydrogen) atoms. The van der Waals surface area contributed by atoms with E-state index in [0.29, 0.717) is 17.7 Å². The molecule has 0 aliphatic carbocycles. The van der Waals surface area contributed by atoms with Crippen LogP contribution in [0.1, 0.15) is 152 Å². The second-order valence-electron chi connectivity index (χ2n) is 28.3. The van der Waals surface area contributed by atoms with E-state index in [9.17, 15) is 111 Å². The minimum Gasteiger partial charge on any atom is -0.477 e. The average molecular weight is 1560 g/mol. The van der Waals surface area contributed by atoms with Gasteiger partial charge in [-0.1, -0.05) is 126 Å². The van der Waals surface area contributed by atoms with Gasteiger partial charge >= 0.3 is 5.97 Å². The Kier molecular flexibility index (Phi) is 36.8. The highest BCUT2D eigenvalue weighted by atomic mass is 16.8. The van der Waals surface area contributed by atoms with Crippen molar-refractivity contribution in [1.82, 2.24) is 21.1 Å². The van der Waals surface area contributed by atoms with Crippen LogP contribution < -0.4 is 21.3 Å². The Hall–Kier alpha value is -5.52. The monoisotopic (exact) mass is 1560 g/mol. The molecule has 4 amide bonds. The summed E-state index contributed by atoms with van der Waals surface area (Å²) in [5.74, 6) is -7.70. The molecule has 2 aromatic rings. The first kappa shape index (κ1) is 90.7. The molecule has 21 N–H and O–H groups in total. The summed E-state index contributed by atoms with van der Waals surface area (Å²) in [6.45, 7) is -0.528. The highest BCUT2D eigenvalue weighted by Gasteiger charge is 2.62. The predicted octanol–water partition coefficient (Wildman–Crippen LogP) is -4.04. The number of carboxylic acids is 1. The van der Waals surface area contributed by atoms with Crippen molar-refractivity contribution >= 4 is 41.5 Å². The molecule has 28 atom stereocenters. The lowest BCUT2D eigenvalue weighted by Gasteiger charge is -2.52. The molecule has 0 spiro atoms. The van der Waals surface area contributed by atoms with E-state index in [-0.39, 0.29) is 17.8 Å². The van der Waals surface area contributed by atoms with Crippen molar-refractivity contribution in [3.63, 3.8) is 0 Å². The van der Waals surface area contributed by atoms with Gasteiger partial charge < -0.3 is 160 Å². The number of aliphatic hydroxyl groups is 16. The number of ether oxygens (including phenoxy) is 10. The largest absolute Gasteiger partial charge is 0.477 e. The molecular formula is C71H113N5O33. The van der Waals surface area contributed by atoms with Gasteiger partial charge in [0.15, 0.2) is 31.0 Å². The Morgan fingerprint density at radius 3 is 1.67 bits per heavy atom. The number of rotatable bonds is 43. The van der Waals surface area contributed by atoms with Crippen LogP contribution in [0.4, 0.5) is 5.82 Å². The van der Waals surface area contributed by atoms with Crippen LogP contribution in [0, 0.1) is 6.92 Å². The van der Waals surface area contributed by atoms with Gasteiger partial charge in [-0.2, -0.15) is 0 Å². The number of hydrogen-bond acceptors (Lipinski definition) is 33. The van der Waals surface area contributed by atoms with Gasteiger partial charge in [0.1, 0.15) is 122 Å². The van der Waals surface area contributed by atoms with Gasteiger partial charge in [0.25, 0.3) is 11.7 Å². The lowest BCUT2D eigenvalue weighted by Crippen LogP contribution is -2.72. The van der Waals surface area contributed by atoms with E-state index in [1.807, 2.05) is 0 Å². The van der Waals surface area contributed by atoms with Gasteiger partial charge in [-0.25, -0.2) is 4.79 Å². The molecule has 7 rings (SSSR count). The molecule has 38 heteroatoms. The molecule has 1 aromatic heterocycles. The average Bonchev–Trinajstić information content (AvgIpc) is 1.07. The Bertz CT molecular complexity index is 3100. The molecule has 6 heterocycles. The number of nitrogens with one attached hydrogen (secondary N) is 4. The van der Waals surface area contributed by atoms with Crippen LogP contribution in [0.2, 0.25) is 0 Å². The van der Waals surface area contributed by atoms with E-state index in [4.69, 9.17) is 51.9 Å². The van der Waals surface area contributed by atoms with Crippen LogP contribution in [0.5, 0.6) is 0 Å². The van der Waals surface area contributed by atoms with E-state index in [0.717, 1.165) is 46.0 Å². The standard InChI is InChI=1S/C71H113N5O33/c1-5-6-7-8-9-10-11-12-13-14-15-16-17-18-19-20-49(87)74-40(41(84)26-23-38-21-24-39(25-22-38)65(96)75-48-27-35(2)109-76-48)34-99-67-58(94)56(92)60(46(32-80)102-67)104-69-59(95)64(108-71(70(97)98)28-42(85)50(72-36(3)82)63(107-71)52(88)43(86)29-77)61(47(33-81)103-69)105-66-51(73-37(4)83)62(54(90)45(31-79)100-66)106-68-57(93)55(91)53(89)44(30-78)101-68/h21-27,40-47,50-64,66-69,77-81,84-86,88-95H,5-20,28-34H2,1-4H3,(H,72,82)(H,73,83)(H,74,87)(H,97,98)(H,75,76,96)/b26-23+/t40-,41+,42-,43+,44+,45+,46+,47+,50?,51+,52+,53-,54-,55-,56+,57+,58+,59+,60+,61-,62+,63?,64+,66-,67+,68-,69-,71-/m0/s1. The summed E-state index contributed by atoms with van der Waals surface area (Å²) in [4.78, 5) is 66.0. The molecule has 1 aromatic carbocycles. The summed E-state index contributed by atoms with van der Waals surface area (Å²) in [6.07, 6.45) is -32.2. The van der Waals surface area contributed by atoms with E-state index in [1.165, 1.54) is 88.1 Å². The summed E-state index contributed by atoms with van der Waals surface area (Å²) in [7, 11) is 0. The zero-order valence-electron chi connectivity index (χ0n) is 61.5. The minimum absolute atomic E-state index is 0.0501. The number of unbranched alkanes of at least 4 members (excludes halogenated alkanes) is 14. The predicted molar refractivity (Wildman–Crippen MR) is 373 cm³/mol. The maximum absolute atomic E-state index is 13.8. The third-order valence-electron chi connectivity index (χ3n) is 19.8. The molecule has 38 nitrogen and oxygen atoms in total. The number of amides is 4. The summed E-state index contributed by atoms with van der Waals surface area (Å²) in [5.41, 5.74) is 0.763. The fourth-order valence-electron chi connectivity index (χ4n) is 13.7. The van der Waals surface area contributed by atoms with Crippen molar-refractivity contribution in [3.8, 4) is 0 Å². The maximum Gasteiger partial charge on any atom is 0.364 e. The molecule has 5 aliphatic heterocycles. The van der Waals surface area contributed by atoms with Crippen molar-refractivity contribution in [1.29, 1.82) is 0 Å². The fourth-order valence-corrected chi connectivity index (χ4v) is 13.7. The Morgan fingerprint density at radius 2 is 1.11 bits per heavy atom. The van der Waals surface area contributed by atoms with Crippen molar-refractivity contribution in [2.75, 3.05) is 45.0 Å². The molecule has 620 valence electrons. The zero-order chi connectivity index (χ0) is 79.8. The second kappa shape index (κ2) is 44.2. The number of aliphatic carboxylic acids is 1. The third kappa shape index (κ3) is 25.0. The molecule has 0 radical (unpaired) electrons. The number of aryl methyl sites for hydroxylation is 1. The number of aromatic nitrogens is 1. The van der Waals surface area contributed by atoms with Gasteiger partial charge in [0, 0.05) is 38.3 Å². The van der Waals surface area contributed by atoms with Gasteiger partial charge in [-0.3, -0.25) is 19.2 Å². The number of hydrogen-bond donors (Lipinski definition) is 21. The molecule has 5 fully saturated rings. The molecule has 2 unspecified atom stereocenters.